The lowest BCUT2D eigenvalue weighted by atomic mass is 10.0. The lowest BCUT2D eigenvalue weighted by Gasteiger charge is -2.37. The number of carbonyl (C=O) groups is 2. The predicted molar refractivity (Wildman–Crippen MR) is 110 cm³/mol. The molecule has 4 rings (SSSR count). The molecule has 0 bridgehead atoms. The first kappa shape index (κ1) is 19.4. The standard InChI is InChI=1S/C23H26FN3O2/c24-20-9-5-4-6-18(20)10-13-25-21(28)23(11-12-23)22(29)27-16-14-26(15-17-27)19-7-2-1-3-8-19/h1-9H,10-17H2,(H,25,28). The van der Waals surface area contributed by atoms with Gasteiger partial charge >= 0.3 is 0 Å². The molecule has 2 aliphatic rings. The van der Waals surface area contributed by atoms with Gasteiger partial charge < -0.3 is 15.1 Å². The van der Waals surface area contributed by atoms with E-state index in [1.54, 1.807) is 18.2 Å². The van der Waals surface area contributed by atoms with E-state index in [1.165, 1.54) is 6.07 Å². The highest BCUT2D eigenvalue weighted by Crippen LogP contribution is 2.47. The van der Waals surface area contributed by atoms with Gasteiger partial charge in [0.05, 0.1) is 0 Å². The van der Waals surface area contributed by atoms with E-state index in [0.717, 1.165) is 18.8 Å². The van der Waals surface area contributed by atoms with Crippen molar-refractivity contribution in [2.75, 3.05) is 37.6 Å². The van der Waals surface area contributed by atoms with E-state index in [9.17, 15) is 14.0 Å². The number of para-hydroxylation sites is 1. The third kappa shape index (κ3) is 4.11. The van der Waals surface area contributed by atoms with Gasteiger partial charge in [0, 0.05) is 38.4 Å². The third-order valence-corrected chi connectivity index (χ3v) is 5.92. The first-order valence-corrected chi connectivity index (χ1v) is 10.2. The highest BCUT2D eigenvalue weighted by Gasteiger charge is 2.58. The van der Waals surface area contributed by atoms with Gasteiger partial charge in [0.1, 0.15) is 11.2 Å². The molecule has 1 N–H and O–H groups in total. The molecule has 0 atom stereocenters. The summed E-state index contributed by atoms with van der Waals surface area (Å²) in [6, 6.07) is 16.7. The highest BCUT2D eigenvalue weighted by atomic mass is 19.1. The topological polar surface area (TPSA) is 52.7 Å². The Bertz CT molecular complexity index is 875. The van der Waals surface area contributed by atoms with Crippen LogP contribution >= 0.6 is 0 Å². The van der Waals surface area contributed by atoms with Crippen LogP contribution < -0.4 is 10.2 Å². The normalized spacial score (nSPS) is 17.7. The van der Waals surface area contributed by atoms with Crippen LogP contribution in [0.1, 0.15) is 18.4 Å². The molecule has 0 unspecified atom stereocenters. The second-order valence-electron chi connectivity index (χ2n) is 7.79. The summed E-state index contributed by atoms with van der Waals surface area (Å²) in [6.45, 7) is 3.11. The van der Waals surface area contributed by atoms with Gasteiger partial charge in [0.25, 0.3) is 0 Å². The number of nitrogens with zero attached hydrogens (tertiary/aromatic N) is 2. The van der Waals surface area contributed by atoms with Crippen LogP contribution in [0.3, 0.4) is 0 Å². The van der Waals surface area contributed by atoms with Gasteiger partial charge in [0.2, 0.25) is 11.8 Å². The zero-order chi connectivity index (χ0) is 20.3. The zero-order valence-corrected chi connectivity index (χ0v) is 16.4. The minimum Gasteiger partial charge on any atom is -0.368 e. The Balaban J connectivity index is 1.29. The molecule has 1 heterocycles. The predicted octanol–water partition coefficient (Wildman–Crippen LogP) is 2.61. The summed E-state index contributed by atoms with van der Waals surface area (Å²) in [5.41, 5.74) is 0.817. The molecule has 2 aromatic carbocycles. The molecule has 1 saturated heterocycles. The minimum atomic E-state index is -0.913. The van der Waals surface area contributed by atoms with Crippen molar-refractivity contribution in [2.24, 2.45) is 5.41 Å². The fourth-order valence-corrected chi connectivity index (χ4v) is 3.95. The van der Waals surface area contributed by atoms with Gasteiger partial charge in [-0.1, -0.05) is 36.4 Å². The molecule has 1 saturated carbocycles. The molecule has 2 amide bonds. The summed E-state index contributed by atoms with van der Waals surface area (Å²) in [7, 11) is 0. The Kier molecular flexibility index (Phi) is 5.51. The van der Waals surface area contributed by atoms with E-state index in [-0.39, 0.29) is 17.6 Å². The van der Waals surface area contributed by atoms with Gasteiger partial charge in [-0.3, -0.25) is 9.59 Å². The van der Waals surface area contributed by atoms with E-state index in [0.29, 0.717) is 44.5 Å². The summed E-state index contributed by atoms with van der Waals surface area (Å²) in [6.07, 6.45) is 1.60. The van der Waals surface area contributed by atoms with E-state index in [4.69, 9.17) is 0 Å². The van der Waals surface area contributed by atoms with Crippen LogP contribution in [0, 0.1) is 11.2 Å². The average Bonchev–Trinajstić information content (AvgIpc) is 3.57. The summed E-state index contributed by atoms with van der Waals surface area (Å²) in [4.78, 5) is 29.8. The van der Waals surface area contributed by atoms with E-state index in [2.05, 4.69) is 22.3 Å². The maximum atomic E-state index is 13.7. The first-order valence-electron chi connectivity index (χ1n) is 10.2. The van der Waals surface area contributed by atoms with Crippen LogP contribution in [0.25, 0.3) is 0 Å². The molecule has 29 heavy (non-hydrogen) atoms. The van der Waals surface area contributed by atoms with E-state index in [1.807, 2.05) is 23.1 Å². The Hall–Kier alpha value is -2.89. The number of carbonyl (C=O) groups excluding carboxylic acids is 2. The molecule has 2 aromatic rings. The highest BCUT2D eigenvalue weighted by molar-refractivity contribution is 6.07. The molecule has 0 radical (unpaired) electrons. The van der Waals surface area contributed by atoms with Crippen molar-refractivity contribution < 1.29 is 14.0 Å². The van der Waals surface area contributed by atoms with Gasteiger partial charge in [-0.05, 0) is 43.0 Å². The van der Waals surface area contributed by atoms with Crippen molar-refractivity contribution in [1.82, 2.24) is 10.2 Å². The summed E-state index contributed by atoms with van der Waals surface area (Å²) >= 11 is 0. The first-order chi connectivity index (χ1) is 14.1. The summed E-state index contributed by atoms with van der Waals surface area (Å²) in [5.74, 6) is -0.548. The van der Waals surface area contributed by atoms with Crippen LogP contribution in [0.15, 0.2) is 54.6 Å². The average molecular weight is 395 g/mol. The maximum absolute atomic E-state index is 13.7. The van der Waals surface area contributed by atoms with Crippen molar-refractivity contribution in [3.63, 3.8) is 0 Å². The number of halogens is 1. The molecular formula is C23H26FN3O2. The zero-order valence-electron chi connectivity index (χ0n) is 16.4. The van der Waals surface area contributed by atoms with Crippen LogP contribution in [0.4, 0.5) is 10.1 Å². The number of rotatable bonds is 6. The fourth-order valence-electron chi connectivity index (χ4n) is 3.95. The molecule has 0 spiro atoms. The van der Waals surface area contributed by atoms with Gasteiger partial charge in [-0.25, -0.2) is 4.39 Å². The second kappa shape index (κ2) is 8.23. The number of nitrogens with one attached hydrogen (secondary N) is 1. The Morgan fingerprint density at radius 1 is 0.931 bits per heavy atom. The molecule has 152 valence electrons. The van der Waals surface area contributed by atoms with Crippen LogP contribution in [-0.2, 0) is 16.0 Å². The third-order valence-electron chi connectivity index (χ3n) is 5.92. The van der Waals surface area contributed by atoms with Crippen LogP contribution in [0.2, 0.25) is 0 Å². The monoisotopic (exact) mass is 395 g/mol. The molecule has 6 heteroatoms. The number of anilines is 1. The molecule has 1 aliphatic heterocycles. The number of benzene rings is 2. The van der Waals surface area contributed by atoms with Crippen LogP contribution in [0.5, 0.6) is 0 Å². The van der Waals surface area contributed by atoms with Crippen molar-refractivity contribution >= 4 is 17.5 Å². The van der Waals surface area contributed by atoms with E-state index >= 15 is 0 Å². The smallest absolute Gasteiger partial charge is 0.238 e. The lowest BCUT2D eigenvalue weighted by Crippen LogP contribution is -2.53. The molecular weight excluding hydrogens is 369 g/mol. The number of piperazine rings is 1. The molecule has 5 nitrogen and oxygen atoms in total. The van der Waals surface area contributed by atoms with Gasteiger partial charge in [-0.15, -0.1) is 0 Å². The molecule has 1 aliphatic carbocycles. The number of hydrogen-bond donors (Lipinski definition) is 1. The minimum absolute atomic E-state index is 0.0615. The maximum Gasteiger partial charge on any atom is 0.238 e. The van der Waals surface area contributed by atoms with Gasteiger partial charge in [0.15, 0.2) is 0 Å². The number of amides is 2. The second-order valence-corrected chi connectivity index (χ2v) is 7.79. The molecule has 0 aromatic heterocycles. The van der Waals surface area contributed by atoms with Crippen molar-refractivity contribution in [1.29, 1.82) is 0 Å². The summed E-state index contributed by atoms with van der Waals surface area (Å²) < 4.78 is 13.7. The summed E-state index contributed by atoms with van der Waals surface area (Å²) in [5, 5.41) is 2.85. The Morgan fingerprint density at radius 3 is 2.24 bits per heavy atom. The quantitative estimate of drug-likeness (QED) is 0.765. The van der Waals surface area contributed by atoms with E-state index < -0.39 is 5.41 Å². The largest absolute Gasteiger partial charge is 0.368 e. The Morgan fingerprint density at radius 2 is 1.59 bits per heavy atom. The van der Waals surface area contributed by atoms with Crippen molar-refractivity contribution in [2.45, 2.75) is 19.3 Å². The SMILES string of the molecule is O=C(NCCc1ccccc1F)C1(C(=O)N2CCN(c3ccccc3)CC2)CC1. The van der Waals surface area contributed by atoms with Crippen molar-refractivity contribution in [3.05, 3.63) is 66.0 Å². The number of hydrogen-bond acceptors (Lipinski definition) is 3. The fraction of sp³-hybridized carbons (Fsp3) is 0.391. The lowest BCUT2D eigenvalue weighted by molar-refractivity contribution is -0.144. The van der Waals surface area contributed by atoms with Crippen LogP contribution in [-0.4, -0.2) is 49.4 Å². The van der Waals surface area contributed by atoms with Gasteiger partial charge in [-0.2, -0.15) is 0 Å². The van der Waals surface area contributed by atoms with Crippen molar-refractivity contribution in [3.8, 4) is 0 Å². The molecule has 2 fully saturated rings. The Labute approximate surface area is 170 Å².